The Hall–Kier alpha value is -1.85. The van der Waals surface area contributed by atoms with E-state index in [1.165, 1.54) is 12.1 Å². The number of rotatable bonds is 4. The second-order valence-electron chi connectivity index (χ2n) is 4.04. The van der Waals surface area contributed by atoms with Crippen LogP contribution in [0.1, 0.15) is 0 Å². The number of ether oxygens (including phenoxy) is 1. The number of nitrogens with one attached hydrogen (secondary N) is 1. The van der Waals surface area contributed by atoms with Gasteiger partial charge < -0.3 is 10.1 Å². The fourth-order valence-electron chi connectivity index (χ4n) is 1.51. The van der Waals surface area contributed by atoms with Crippen LogP contribution in [0.3, 0.4) is 0 Å². The molecule has 0 aliphatic heterocycles. The molecule has 0 unspecified atom stereocenters. The predicted octanol–water partition coefficient (Wildman–Crippen LogP) is 4.29. The molecule has 0 saturated heterocycles. The van der Waals surface area contributed by atoms with Gasteiger partial charge in [0, 0.05) is 17.2 Å². The summed E-state index contributed by atoms with van der Waals surface area (Å²) in [7, 11) is 0. The van der Waals surface area contributed by atoms with Crippen molar-refractivity contribution in [2.24, 2.45) is 0 Å². The van der Waals surface area contributed by atoms with Crippen LogP contribution in [0.5, 0.6) is 5.75 Å². The first-order valence-corrected chi connectivity index (χ1v) is 6.54. The van der Waals surface area contributed by atoms with Crippen molar-refractivity contribution in [1.82, 2.24) is 0 Å². The molecule has 2 rings (SSSR count). The average molecular weight is 332 g/mol. The maximum atomic E-state index is 13.3. The lowest BCUT2D eigenvalue weighted by molar-refractivity contribution is -0.118. The van der Waals surface area contributed by atoms with E-state index < -0.39 is 24.1 Å². The summed E-state index contributed by atoms with van der Waals surface area (Å²) in [6.07, 6.45) is 0. The van der Waals surface area contributed by atoms with Gasteiger partial charge in [-0.1, -0.05) is 23.2 Å². The van der Waals surface area contributed by atoms with Gasteiger partial charge in [0.1, 0.15) is 17.4 Å². The summed E-state index contributed by atoms with van der Waals surface area (Å²) in [6, 6.07) is 7.27. The second-order valence-corrected chi connectivity index (χ2v) is 4.88. The highest BCUT2D eigenvalue weighted by Gasteiger charge is 2.10. The van der Waals surface area contributed by atoms with E-state index >= 15 is 0 Å². The molecule has 0 radical (unpaired) electrons. The second kappa shape index (κ2) is 6.74. The van der Waals surface area contributed by atoms with Crippen LogP contribution in [0.25, 0.3) is 0 Å². The zero-order valence-corrected chi connectivity index (χ0v) is 12.0. The number of amides is 1. The largest absolute Gasteiger partial charge is 0.482 e. The number of carbonyl (C=O) groups is 1. The molecule has 21 heavy (non-hydrogen) atoms. The summed E-state index contributed by atoms with van der Waals surface area (Å²) < 4.78 is 31.5. The van der Waals surface area contributed by atoms with E-state index in [0.29, 0.717) is 5.02 Å². The van der Waals surface area contributed by atoms with Crippen LogP contribution in [-0.4, -0.2) is 12.5 Å². The van der Waals surface area contributed by atoms with Crippen molar-refractivity contribution < 1.29 is 18.3 Å². The molecule has 3 nitrogen and oxygen atoms in total. The smallest absolute Gasteiger partial charge is 0.262 e. The van der Waals surface area contributed by atoms with Crippen molar-refractivity contribution in [3.05, 3.63) is 58.1 Å². The highest BCUT2D eigenvalue weighted by molar-refractivity contribution is 6.34. The molecule has 2 aromatic carbocycles. The van der Waals surface area contributed by atoms with E-state index in [1.807, 2.05) is 0 Å². The Morgan fingerprint density at radius 3 is 2.67 bits per heavy atom. The Kier molecular flexibility index (Phi) is 4.98. The number of carbonyl (C=O) groups excluding carboxylic acids is 1. The van der Waals surface area contributed by atoms with Crippen molar-refractivity contribution in [3.8, 4) is 5.75 Å². The lowest BCUT2D eigenvalue weighted by Crippen LogP contribution is -2.21. The molecular weight excluding hydrogens is 323 g/mol. The van der Waals surface area contributed by atoms with E-state index in [2.05, 4.69) is 5.32 Å². The summed E-state index contributed by atoms with van der Waals surface area (Å²) >= 11 is 11.6. The standard InChI is InChI=1S/C14H9Cl2F2NO2/c15-8-1-3-10(16)13(5-8)21-7-14(20)19-12-6-9(17)2-4-11(12)18/h1-6H,7H2,(H,19,20). The molecular formula is C14H9Cl2F2NO2. The van der Waals surface area contributed by atoms with Crippen molar-refractivity contribution in [3.63, 3.8) is 0 Å². The molecule has 1 N–H and O–H groups in total. The molecule has 1 amide bonds. The summed E-state index contributed by atoms with van der Waals surface area (Å²) in [5, 5.41) is 2.88. The maximum absolute atomic E-state index is 13.3. The third-order valence-corrected chi connectivity index (χ3v) is 3.00. The molecule has 0 atom stereocenters. The first-order chi connectivity index (χ1) is 9.95. The minimum absolute atomic E-state index is 0.221. The van der Waals surface area contributed by atoms with E-state index in [9.17, 15) is 13.6 Å². The first kappa shape index (κ1) is 15.5. The quantitative estimate of drug-likeness (QED) is 0.907. The average Bonchev–Trinajstić information content (AvgIpc) is 2.44. The van der Waals surface area contributed by atoms with Gasteiger partial charge in [-0.2, -0.15) is 0 Å². The van der Waals surface area contributed by atoms with Crippen molar-refractivity contribution in [2.75, 3.05) is 11.9 Å². The van der Waals surface area contributed by atoms with Crippen LogP contribution in [0, 0.1) is 11.6 Å². The van der Waals surface area contributed by atoms with Crippen molar-refractivity contribution in [1.29, 1.82) is 0 Å². The maximum Gasteiger partial charge on any atom is 0.262 e. The van der Waals surface area contributed by atoms with E-state index in [0.717, 1.165) is 18.2 Å². The lowest BCUT2D eigenvalue weighted by atomic mass is 10.3. The van der Waals surface area contributed by atoms with E-state index in [-0.39, 0.29) is 16.5 Å². The Morgan fingerprint density at radius 1 is 1.14 bits per heavy atom. The van der Waals surface area contributed by atoms with Gasteiger partial charge in [-0.25, -0.2) is 8.78 Å². The molecule has 2 aromatic rings. The van der Waals surface area contributed by atoms with Crippen LogP contribution in [0.15, 0.2) is 36.4 Å². The normalized spacial score (nSPS) is 10.3. The lowest BCUT2D eigenvalue weighted by Gasteiger charge is -2.09. The van der Waals surface area contributed by atoms with Gasteiger partial charge in [-0.05, 0) is 24.3 Å². The Balaban J connectivity index is 1.99. The fourth-order valence-corrected chi connectivity index (χ4v) is 1.84. The summed E-state index contributed by atoms with van der Waals surface area (Å²) in [4.78, 5) is 11.6. The molecule has 0 aliphatic rings. The fraction of sp³-hybridized carbons (Fsp3) is 0.0714. The topological polar surface area (TPSA) is 38.3 Å². The van der Waals surface area contributed by atoms with Crippen molar-refractivity contribution in [2.45, 2.75) is 0 Å². The molecule has 0 spiro atoms. The summed E-state index contributed by atoms with van der Waals surface area (Å²) in [5.41, 5.74) is -0.263. The number of halogens is 4. The highest BCUT2D eigenvalue weighted by atomic mass is 35.5. The van der Waals surface area contributed by atoms with Gasteiger partial charge in [0.05, 0.1) is 10.7 Å². The molecule has 7 heteroatoms. The zero-order valence-electron chi connectivity index (χ0n) is 10.5. The predicted molar refractivity (Wildman–Crippen MR) is 76.9 cm³/mol. The van der Waals surface area contributed by atoms with Gasteiger partial charge in [-0.15, -0.1) is 0 Å². The van der Waals surface area contributed by atoms with Gasteiger partial charge in [0.2, 0.25) is 0 Å². The monoisotopic (exact) mass is 331 g/mol. The van der Waals surface area contributed by atoms with Crippen molar-refractivity contribution >= 4 is 34.8 Å². The molecule has 0 aliphatic carbocycles. The van der Waals surface area contributed by atoms with Crippen LogP contribution in [0.4, 0.5) is 14.5 Å². The summed E-state index contributed by atoms with van der Waals surface area (Å²) in [6.45, 7) is -0.421. The van der Waals surface area contributed by atoms with Crippen LogP contribution in [0.2, 0.25) is 10.0 Å². The van der Waals surface area contributed by atoms with Gasteiger partial charge >= 0.3 is 0 Å². The van der Waals surface area contributed by atoms with E-state index in [1.54, 1.807) is 6.07 Å². The van der Waals surface area contributed by atoms with Gasteiger partial charge in [0.25, 0.3) is 5.91 Å². The van der Waals surface area contributed by atoms with Crippen LogP contribution >= 0.6 is 23.2 Å². The number of hydrogen-bond donors (Lipinski definition) is 1. The Bertz CT molecular complexity index is 680. The summed E-state index contributed by atoms with van der Waals surface area (Å²) in [5.74, 6) is -1.84. The Labute approximate surface area is 129 Å². The molecule has 0 bridgehead atoms. The van der Waals surface area contributed by atoms with E-state index in [4.69, 9.17) is 27.9 Å². The zero-order chi connectivity index (χ0) is 15.4. The minimum Gasteiger partial charge on any atom is -0.482 e. The third-order valence-electron chi connectivity index (χ3n) is 2.45. The number of anilines is 1. The number of hydrogen-bond acceptors (Lipinski definition) is 2. The molecule has 0 aromatic heterocycles. The highest BCUT2D eigenvalue weighted by Crippen LogP contribution is 2.27. The van der Waals surface area contributed by atoms with Gasteiger partial charge in [0.15, 0.2) is 6.61 Å². The van der Waals surface area contributed by atoms with Crippen LogP contribution < -0.4 is 10.1 Å². The molecule has 110 valence electrons. The number of benzene rings is 2. The molecule has 0 fully saturated rings. The van der Waals surface area contributed by atoms with Crippen LogP contribution in [-0.2, 0) is 4.79 Å². The van der Waals surface area contributed by atoms with Gasteiger partial charge in [-0.3, -0.25) is 4.79 Å². The molecule has 0 saturated carbocycles. The molecule has 0 heterocycles. The first-order valence-electron chi connectivity index (χ1n) is 5.78. The Morgan fingerprint density at radius 2 is 1.90 bits per heavy atom. The SMILES string of the molecule is O=C(COc1cc(Cl)ccc1Cl)Nc1cc(F)ccc1F. The minimum atomic E-state index is -0.745. The third kappa shape index (κ3) is 4.31.